The van der Waals surface area contributed by atoms with Crippen LogP contribution in [0.3, 0.4) is 0 Å². The number of ether oxygens (including phenoxy) is 2. The second-order valence-corrected chi connectivity index (χ2v) is 3.46. The lowest BCUT2D eigenvalue weighted by Crippen LogP contribution is -2.17. The number of halogens is 1. The summed E-state index contributed by atoms with van der Waals surface area (Å²) in [5.74, 6) is 0. The summed E-state index contributed by atoms with van der Waals surface area (Å²) in [6, 6.07) is 0. The number of methoxy groups -OCH3 is 2. The minimum Gasteiger partial charge on any atom is -0.356 e. The number of hydrogen-bond donors (Lipinski definition) is 0. The van der Waals surface area contributed by atoms with Crippen LogP contribution in [0.1, 0.15) is 12.8 Å². The Labute approximate surface area is 90.1 Å². The quantitative estimate of drug-likeness (QED) is 0.652. The van der Waals surface area contributed by atoms with Crippen molar-refractivity contribution < 1.29 is 13.9 Å². The third-order valence-corrected chi connectivity index (χ3v) is 2.44. The fraction of sp³-hybridized carbons (Fsp3) is 0.500. The van der Waals surface area contributed by atoms with E-state index in [9.17, 15) is 4.39 Å². The van der Waals surface area contributed by atoms with E-state index in [0.29, 0.717) is 18.4 Å². The van der Waals surface area contributed by atoms with E-state index in [4.69, 9.17) is 9.47 Å². The number of allylic oxidation sites excluding steroid dienone is 4. The van der Waals surface area contributed by atoms with Crippen molar-refractivity contribution in [3.63, 3.8) is 0 Å². The molecule has 0 aromatic heterocycles. The van der Waals surface area contributed by atoms with Crippen LogP contribution in [-0.2, 0) is 9.47 Å². The fourth-order valence-electron chi connectivity index (χ4n) is 1.52. The zero-order valence-electron chi connectivity index (χ0n) is 9.20. The van der Waals surface area contributed by atoms with Gasteiger partial charge in [0.2, 0.25) is 0 Å². The molecule has 0 fully saturated rings. The van der Waals surface area contributed by atoms with Crippen molar-refractivity contribution in [1.82, 2.24) is 0 Å². The van der Waals surface area contributed by atoms with Crippen LogP contribution >= 0.6 is 0 Å². The maximum absolute atomic E-state index is 13.5. The summed E-state index contributed by atoms with van der Waals surface area (Å²) in [5.41, 5.74) is 1.39. The molecule has 1 unspecified atom stereocenters. The van der Waals surface area contributed by atoms with E-state index in [-0.39, 0.29) is 6.29 Å². The molecule has 0 spiro atoms. The fourth-order valence-corrected chi connectivity index (χ4v) is 1.52. The highest BCUT2D eigenvalue weighted by Gasteiger charge is 2.19. The third kappa shape index (κ3) is 3.29. The summed E-state index contributed by atoms with van der Waals surface area (Å²) in [6.07, 6.45) is 5.05. The van der Waals surface area contributed by atoms with Gasteiger partial charge in [0.05, 0.1) is 0 Å². The molecule has 1 atom stereocenters. The first kappa shape index (κ1) is 12.1. The molecule has 3 heteroatoms. The van der Waals surface area contributed by atoms with E-state index in [1.54, 1.807) is 20.3 Å². The summed E-state index contributed by atoms with van der Waals surface area (Å²) >= 11 is 0. The Kier molecular flexibility index (Phi) is 4.72. The Hall–Kier alpha value is -0.930. The molecule has 1 aliphatic rings. The molecule has 1 aliphatic carbocycles. The van der Waals surface area contributed by atoms with Crippen LogP contribution in [0.15, 0.2) is 36.0 Å². The Bertz CT molecular complexity index is 277. The SMILES string of the molecule is C=C(CC(OC)OC)C1=CC=CCC1F. The van der Waals surface area contributed by atoms with E-state index in [1.165, 1.54) is 0 Å². The van der Waals surface area contributed by atoms with Gasteiger partial charge in [-0.25, -0.2) is 4.39 Å². The zero-order valence-corrected chi connectivity index (χ0v) is 9.20. The Morgan fingerprint density at radius 3 is 2.80 bits per heavy atom. The van der Waals surface area contributed by atoms with E-state index in [2.05, 4.69) is 6.58 Å². The highest BCUT2D eigenvalue weighted by Crippen LogP contribution is 2.26. The van der Waals surface area contributed by atoms with Gasteiger partial charge < -0.3 is 9.47 Å². The first-order valence-corrected chi connectivity index (χ1v) is 4.93. The summed E-state index contributed by atoms with van der Waals surface area (Å²) in [6.45, 7) is 3.86. The van der Waals surface area contributed by atoms with Crippen molar-refractivity contribution >= 4 is 0 Å². The molecule has 0 saturated carbocycles. The minimum absolute atomic E-state index is 0.350. The molecule has 0 amide bonds. The molecule has 0 aromatic rings. The second kappa shape index (κ2) is 5.83. The summed E-state index contributed by atoms with van der Waals surface area (Å²) in [7, 11) is 3.12. The highest BCUT2D eigenvalue weighted by atomic mass is 19.1. The van der Waals surface area contributed by atoms with Crippen molar-refractivity contribution in [1.29, 1.82) is 0 Å². The Morgan fingerprint density at radius 2 is 2.27 bits per heavy atom. The van der Waals surface area contributed by atoms with Crippen LogP contribution in [0.25, 0.3) is 0 Å². The lowest BCUT2D eigenvalue weighted by molar-refractivity contribution is -0.0999. The van der Waals surface area contributed by atoms with Crippen molar-refractivity contribution in [2.24, 2.45) is 0 Å². The van der Waals surface area contributed by atoms with Gasteiger partial charge in [-0.2, -0.15) is 0 Å². The van der Waals surface area contributed by atoms with Crippen molar-refractivity contribution in [3.05, 3.63) is 36.0 Å². The normalized spacial score (nSPS) is 20.5. The molecule has 0 aromatic carbocycles. The summed E-state index contributed by atoms with van der Waals surface area (Å²) in [5, 5.41) is 0. The first-order chi connectivity index (χ1) is 7.19. The van der Waals surface area contributed by atoms with E-state index < -0.39 is 6.17 Å². The van der Waals surface area contributed by atoms with Crippen molar-refractivity contribution in [3.8, 4) is 0 Å². The van der Waals surface area contributed by atoms with Gasteiger partial charge in [-0.15, -0.1) is 0 Å². The van der Waals surface area contributed by atoms with Crippen molar-refractivity contribution in [2.75, 3.05) is 14.2 Å². The zero-order chi connectivity index (χ0) is 11.3. The molecule has 1 rings (SSSR count). The number of alkyl halides is 1. The van der Waals surface area contributed by atoms with Crippen LogP contribution in [0.5, 0.6) is 0 Å². The average Bonchev–Trinajstić information content (AvgIpc) is 2.26. The second-order valence-electron chi connectivity index (χ2n) is 3.46. The minimum atomic E-state index is -0.947. The van der Waals surface area contributed by atoms with Gasteiger partial charge in [0.25, 0.3) is 0 Å². The Morgan fingerprint density at radius 1 is 1.60 bits per heavy atom. The standard InChI is InChI=1S/C12H17FO2/c1-9(8-12(14-2)15-3)10-6-4-5-7-11(10)13/h4-6,11-12H,1,7-8H2,2-3H3. The molecule has 0 aliphatic heterocycles. The first-order valence-electron chi connectivity index (χ1n) is 4.93. The smallest absolute Gasteiger partial charge is 0.160 e. The molecule has 2 nitrogen and oxygen atoms in total. The molecule has 0 N–H and O–H groups in total. The maximum Gasteiger partial charge on any atom is 0.160 e. The lowest BCUT2D eigenvalue weighted by Gasteiger charge is -2.20. The molecule has 0 saturated heterocycles. The molecule has 84 valence electrons. The third-order valence-electron chi connectivity index (χ3n) is 2.44. The van der Waals surface area contributed by atoms with Gasteiger partial charge >= 0.3 is 0 Å². The van der Waals surface area contributed by atoms with Gasteiger partial charge in [0.15, 0.2) is 6.29 Å². The molecule has 15 heavy (non-hydrogen) atoms. The van der Waals surface area contributed by atoms with Crippen LogP contribution in [0, 0.1) is 0 Å². The predicted molar refractivity (Wildman–Crippen MR) is 58.3 cm³/mol. The van der Waals surface area contributed by atoms with Crippen LogP contribution in [-0.4, -0.2) is 26.7 Å². The van der Waals surface area contributed by atoms with Gasteiger partial charge in [0, 0.05) is 27.1 Å². The van der Waals surface area contributed by atoms with Crippen LogP contribution in [0.2, 0.25) is 0 Å². The van der Waals surface area contributed by atoms with Gasteiger partial charge in [-0.05, 0) is 11.1 Å². The Balaban J connectivity index is 2.59. The topological polar surface area (TPSA) is 18.5 Å². The van der Waals surface area contributed by atoms with E-state index >= 15 is 0 Å². The summed E-state index contributed by atoms with van der Waals surface area (Å²) in [4.78, 5) is 0. The van der Waals surface area contributed by atoms with Crippen molar-refractivity contribution in [2.45, 2.75) is 25.3 Å². The van der Waals surface area contributed by atoms with Gasteiger partial charge in [-0.3, -0.25) is 0 Å². The largest absolute Gasteiger partial charge is 0.356 e. The number of hydrogen-bond acceptors (Lipinski definition) is 2. The van der Waals surface area contributed by atoms with Crippen LogP contribution < -0.4 is 0 Å². The molecular weight excluding hydrogens is 195 g/mol. The molecule has 0 heterocycles. The predicted octanol–water partition coefficient (Wildman–Crippen LogP) is 2.78. The van der Waals surface area contributed by atoms with E-state index in [0.717, 1.165) is 5.57 Å². The molecular formula is C12H17FO2. The number of rotatable bonds is 5. The molecule has 0 bridgehead atoms. The maximum atomic E-state index is 13.5. The molecule has 0 radical (unpaired) electrons. The highest BCUT2D eigenvalue weighted by molar-refractivity contribution is 5.37. The van der Waals surface area contributed by atoms with Crippen LogP contribution in [0.4, 0.5) is 4.39 Å². The monoisotopic (exact) mass is 212 g/mol. The lowest BCUT2D eigenvalue weighted by atomic mass is 9.94. The van der Waals surface area contributed by atoms with E-state index in [1.807, 2.05) is 12.2 Å². The average molecular weight is 212 g/mol. The van der Waals surface area contributed by atoms with Gasteiger partial charge in [0.1, 0.15) is 6.17 Å². The van der Waals surface area contributed by atoms with Gasteiger partial charge in [-0.1, -0.05) is 24.8 Å². The summed E-state index contributed by atoms with van der Waals surface area (Å²) < 4.78 is 23.6.